The molecule has 118 valence electrons. The van der Waals surface area contributed by atoms with Gasteiger partial charge in [-0.1, -0.05) is 28.1 Å². The molecule has 3 aromatic rings. The minimum absolute atomic E-state index is 0.228. The molecule has 0 spiro atoms. The molecule has 7 heteroatoms. The van der Waals surface area contributed by atoms with Gasteiger partial charge in [-0.15, -0.1) is 0 Å². The van der Waals surface area contributed by atoms with Crippen LogP contribution in [0.5, 0.6) is 0 Å². The van der Waals surface area contributed by atoms with Crippen LogP contribution in [0.2, 0.25) is 0 Å². The topological polar surface area (TPSA) is 62.7 Å². The molecule has 0 radical (unpaired) electrons. The third-order valence-electron chi connectivity index (χ3n) is 3.25. The van der Waals surface area contributed by atoms with Crippen molar-refractivity contribution in [1.82, 2.24) is 14.8 Å². The highest BCUT2D eigenvalue weighted by molar-refractivity contribution is 9.10. The van der Waals surface area contributed by atoms with E-state index in [4.69, 9.17) is 0 Å². The number of hydrogen-bond donors (Lipinski definition) is 2. The predicted octanol–water partition coefficient (Wildman–Crippen LogP) is 3.13. The smallest absolute Gasteiger partial charge is 0.343 e. The third-order valence-corrected chi connectivity index (χ3v) is 3.78. The van der Waals surface area contributed by atoms with Crippen molar-refractivity contribution in [2.24, 2.45) is 0 Å². The van der Waals surface area contributed by atoms with Gasteiger partial charge in [-0.3, -0.25) is 4.98 Å². The third kappa shape index (κ3) is 4.07. The molecule has 0 amide bonds. The normalized spacial score (nSPS) is 10.7. The van der Waals surface area contributed by atoms with Gasteiger partial charge in [0.2, 0.25) is 0 Å². The van der Waals surface area contributed by atoms with Gasteiger partial charge in [0, 0.05) is 10.2 Å². The van der Waals surface area contributed by atoms with Gasteiger partial charge in [0.15, 0.2) is 0 Å². The van der Waals surface area contributed by atoms with E-state index in [9.17, 15) is 9.18 Å². The summed E-state index contributed by atoms with van der Waals surface area (Å²) in [6.45, 7) is 0.623. The highest BCUT2D eigenvalue weighted by Gasteiger charge is 2.06. The first-order valence-corrected chi connectivity index (χ1v) is 7.79. The molecule has 1 aromatic heterocycles. The van der Waals surface area contributed by atoms with Crippen molar-refractivity contribution in [1.29, 1.82) is 0 Å². The van der Waals surface area contributed by atoms with Crippen molar-refractivity contribution in [3.63, 3.8) is 0 Å². The Bertz CT molecular complexity index is 857. The average molecular weight is 377 g/mol. The monoisotopic (exact) mass is 376 g/mol. The van der Waals surface area contributed by atoms with Crippen LogP contribution in [0.1, 0.15) is 11.4 Å². The minimum Gasteiger partial charge on any atom is -0.378 e. The van der Waals surface area contributed by atoms with E-state index in [2.05, 4.69) is 31.3 Å². The fourth-order valence-electron chi connectivity index (χ4n) is 2.15. The lowest BCUT2D eigenvalue weighted by atomic mass is 10.2. The van der Waals surface area contributed by atoms with Crippen molar-refractivity contribution in [2.45, 2.75) is 13.1 Å². The molecule has 5 nitrogen and oxygen atoms in total. The van der Waals surface area contributed by atoms with Crippen molar-refractivity contribution in [2.75, 3.05) is 5.32 Å². The zero-order valence-electron chi connectivity index (χ0n) is 12.1. The minimum atomic E-state index is -0.330. The molecule has 0 saturated carbocycles. The highest BCUT2D eigenvalue weighted by atomic mass is 79.9. The summed E-state index contributed by atoms with van der Waals surface area (Å²) >= 11 is 3.37. The lowest BCUT2D eigenvalue weighted by molar-refractivity contribution is 0.614. The molecule has 0 aliphatic rings. The Morgan fingerprint density at radius 1 is 1.22 bits per heavy atom. The maximum Gasteiger partial charge on any atom is 0.343 e. The average Bonchev–Trinajstić information content (AvgIpc) is 2.87. The van der Waals surface area contributed by atoms with Crippen LogP contribution in [-0.2, 0) is 13.1 Å². The van der Waals surface area contributed by atoms with Crippen molar-refractivity contribution in [3.05, 3.63) is 80.7 Å². The van der Waals surface area contributed by atoms with Gasteiger partial charge in [-0.25, -0.2) is 13.9 Å². The molecule has 3 rings (SSSR count). The Morgan fingerprint density at radius 3 is 2.74 bits per heavy atom. The Kier molecular flexibility index (Phi) is 4.57. The van der Waals surface area contributed by atoms with E-state index >= 15 is 0 Å². The van der Waals surface area contributed by atoms with Gasteiger partial charge in [-0.2, -0.15) is 5.10 Å². The maximum atomic E-state index is 13.2. The SMILES string of the molecule is O=c1[nH]c(CNc2ccc(Br)cc2)nn1Cc1cccc(F)c1. The van der Waals surface area contributed by atoms with Crippen LogP contribution < -0.4 is 11.0 Å². The first-order valence-electron chi connectivity index (χ1n) is 7.00. The molecule has 0 bridgehead atoms. The first kappa shape index (κ1) is 15.5. The van der Waals surface area contributed by atoms with E-state index in [1.54, 1.807) is 12.1 Å². The van der Waals surface area contributed by atoms with Gasteiger partial charge in [-0.05, 0) is 42.0 Å². The van der Waals surface area contributed by atoms with Crippen LogP contribution in [-0.4, -0.2) is 14.8 Å². The molecule has 0 saturated heterocycles. The molecule has 0 atom stereocenters. The maximum absolute atomic E-state index is 13.2. The number of benzene rings is 2. The second kappa shape index (κ2) is 6.78. The molecular formula is C16H14BrFN4O. The number of rotatable bonds is 5. The zero-order chi connectivity index (χ0) is 16.2. The number of nitrogens with one attached hydrogen (secondary N) is 2. The lowest BCUT2D eigenvalue weighted by Gasteiger charge is -2.04. The Balaban J connectivity index is 1.68. The quantitative estimate of drug-likeness (QED) is 0.718. The summed E-state index contributed by atoms with van der Waals surface area (Å²) in [5.41, 5.74) is 1.29. The molecule has 1 heterocycles. The van der Waals surface area contributed by atoms with E-state index in [1.807, 2.05) is 24.3 Å². The summed E-state index contributed by atoms with van der Waals surface area (Å²) in [4.78, 5) is 14.6. The number of nitrogens with zero attached hydrogens (tertiary/aromatic N) is 2. The zero-order valence-corrected chi connectivity index (χ0v) is 13.7. The number of hydrogen-bond acceptors (Lipinski definition) is 3. The standard InChI is InChI=1S/C16H14BrFN4O/c17-12-4-6-14(7-5-12)19-9-15-20-16(23)22(21-15)10-11-2-1-3-13(18)8-11/h1-8,19H,9-10H2,(H,20,21,23). The summed E-state index contributed by atoms with van der Waals surface area (Å²) in [6.07, 6.45) is 0. The molecule has 2 aromatic carbocycles. The van der Waals surface area contributed by atoms with Gasteiger partial charge in [0.25, 0.3) is 0 Å². The van der Waals surface area contributed by atoms with E-state index in [-0.39, 0.29) is 18.1 Å². The van der Waals surface area contributed by atoms with Gasteiger partial charge >= 0.3 is 5.69 Å². The number of aromatic amines is 1. The molecule has 0 unspecified atom stereocenters. The number of aromatic nitrogens is 3. The molecule has 23 heavy (non-hydrogen) atoms. The van der Waals surface area contributed by atoms with Gasteiger partial charge in [0.1, 0.15) is 11.6 Å². The van der Waals surface area contributed by atoms with Crippen LogP contribution in [0.4, 0.5) is 10.1 Å². The van der Waals surface area contributed by atoms with Crippen molar-refractivity contribution in [3.8, 4) is 0 Å². The van der Waals surface area contributed by atoms with Gasteiger partial charge < -0.3 is 5.32 Å². The van der Waals surface area contributed by atoms with Crippen LogP contribution >= 0.6 is 15.9 Å². The Labute approximate surface area is 140 Å². The number of halogens is 2. The van der Waals surface area contributed by atoms with E-state index in [0.717, 1.165) is 10.2 Å². The fraction of sp³-hybridized carbons (Fsp3) is 0.125. The van der Waals surface area contributed by atoms with E-state index in [1.165, 1.54) is 16.8 Å². The second-order valence-corrected chi connectivity index (χ2v) is 5.94. The fourth-order valence-corrected chi connectivity index (χ4v) is 2.42. The summed E-state index contributed by atoms with van der Waals surface area (Å²) in [7, 11) is 0. The predicted molar refractivity (Wildman–Crippen MR) is 89.8 cm³/mol. The van der Waals surface area contributed by atoms with E-state index < -0.39 is 0 Å². The summed E-state index contributed by atoms with van der Waals surface area (Å²) < 4.78 is 15.5. The lowest BCUT2D eigenvalue weighted by Crippen LogP contribution is -2.18. The van der Waals surface area contributed by atoms with Crippen LogP contribution in [0.3, 0.4) is 0 Å². The molecular weight excluding hydrogens is 363 g/mol. The number of anilines is 1. The Morgan fingerprint density at radius 2 is 2.00 bits per heavy atom. The van der Waals surface area contributed by atoms with Gasteiger partial charge in [0.05, 0.1) is 13.1 Å². The van der Waals surface area contributed by atoms with Crippen molar-refractivity contribution >= 4 is 21.6 Å². The van der Waals surface area contributed by atoms with E-state index in [0.29, 0.717) is 17.9 Å². The van der Waals surface area contributed by atoms with Crippen LogP contribution in [0, 0.1) is 5.82 Å². The summed E-state index contributed by atoms with van der Waals surface area (Å²) in [6, 6.07) is 13.8. The van der Waals surface area contributed by atoms with Crippen molar-refractivity contribution < 1.29 is 4.39 Å². The van der Waals surface area contributed by atoms with Crippen LogP contribution in [0.15, 0.2) is 57.8 Å². The molecule has 0 fully saturated rings. The highest BCUT2D eigenvalue weighted by Crippen LogP contribution is 2.14. The number of H-pyrrole nitrogens is 1. The van der Waals surface area contributed by atoms with Crippen LogP contribution in [0.25, 0.3) is 0 Å². The summed E-state index contributed by atoms with van der Waals surface area (Å²) in [5.74, 6) is 0.192. The largest absolute Gasteiger partial charge is 0.378 e. The molecule has 2 N–H and O–H groups in total. The first-order chi connectivity index (χ1) is 11.1. The molecule has 0 aliphatic carbocycles. The summed E-state index contributed by atoms with van der Waals surface area (Å²) in [5, 5.41) is 7.40. The molecule has 0 aliphatic heterocycles. The second-order valence-electron chi connectivity index (χ2n) is 5.02. The Hall–Kier alpha value is -2.41.